The zero-order chi connectivity index (χ0) is 17.5. The summed E-state index contributed by atoms with van der Waals surface area (Å²) in [7, 11) is 0. The van der Waals surface area contributed by atoms with Gasteiger partial charge in [0, 0.05) is 13.1 Å². The van der Waals surface area contributed by atoms with Crippen molar-refractivity contribution in [2.24, 2.45) is 0 Å². The lowest BCUT2D eigenvalue weighted by molar-refractivity contribution is 0.182. The van der Waals surface area contributed by atoms with Crippen LogP contribution in [-0.2, 0) is 6.54 Å². The largest absolute Gasteiger partial charge is 0.334 e. The van der Waals surface area contributed by atoms with Crippen molar-refractivity contribution in [3.05, 3.63) is 70.8 Å². The lowest BCUT2D eigenvalue weighted by Gasteiger charge is -2.28. The summed E-state index contributed by atoms with van der Waals surface area (Å²) in [5.74, 6) is 0. The highest BCUT2D eigenvalue weighted by Gasteiger charge is 2.19. The predicted octanol–water partition coefficient (Wildman–Crippen LogP) is 4.16. The first-order chi connectivity index (χ1) is 11.5. The minimum Gasteiger partial charge on any atom is -0.334 e. The van der Waals surface area contributed by atoms with Crippen molar-refractivity contribution in [3.8, 4) is 6.07 Å². The number of carbonyl (C=O) groups excluding carboxylic acids is 1. The molecule has 1 atom stereocenters. The second-order valence-electron chi connectivity index (χ2n) is 5.84. The molecule has 0 aliphatic heterocycles. The number of hydrogen-bond acceptors (Lipinski definition) is 2. The highest BCUT2D eigenvalue weighted by atomic mass is 16.2. The quantitative estimate of drug-likeness (QED) is 0.899. The van der Waals surface area contributed by atoms with Gasteiger partial charge >= 0.3 is 6.03 Å². The molecule has 0 saturated carbocycles. The average Bonchev–Trinajstić information content (AvgIpc) is 2.61. The van der Waals surface area contributed by atoms with Crippen LogP contribution in [0.15, 0.2) is 48.5 Å². The minimum absolute atomic E-state index is 0.0549. The van der Waals surface area contributed by atoms with Crippen LogP contribution in [-0.4, -0.2) is 17.5 Å². The van der Waals surface area contributed by atoms with Crippen LogP contribution in [0.3, 0.4) is 0 Å². The summed E-state index contributed by atoms with van der Waals surface area (Å²) in [5, 5.41) is 11.9. The number of hydrogen-bond donors (Lipinski definition) is 1. The van der Waals surface area contributed by atoms with Crippen LogP contribution >= 0.6 is 0 Å². The Morgan fingerprint density at radius 1 is 1.17 bits per heavy atom. The Balaban J connectivity index is 2.01. The van der Waals surface area contributed by atoms with Gasteiger partial charge in [0.25, 0.3) is 0 Å². The van der Waals surface area contributed by atoms with E-state index in [4.69, 9.17) is 5.26 Å². The van der Waals surface area contributed by atoms with Crippen molar-refractivity contribution in [1.29, 1.82) is 5.26 Å². The molecule has 0 radical (unpaired) electrons. The summed E-state index contributed by atoms with van der Waals surface area (Å²) in [6, 6.07) is 17.5. The van der Waals surface area contributed by atoms with Gasteiger partial charge in [0.2, 0.25) is 0 Å². The Hall–Kier alpha value is -2.80. The molecule has 2 aromatic rings. The summed E-state index contributed by atoms with van der Waals surface area (Å²) in [5.41, 5.74) is 3.92. The van der Waals surface area contributed by atoms with Crippen molar-refractivity contribution in [2.45, 2.75) is 33.4 Å². The van der Waals surface area contributed by atoms with E-state index >= 15 is 0 Å². The van der Waals surface area contributed by atoms with Crippen molar-refractivity contribution >= 4 is 6.03 Å². The molecule has 1 unspecified atom stereocenters. The first-order valence-electron chi connectivity index (χ1n) is 8.15. The number of benzene rings is 2. The summed E-state index contributed by atoms with van der Waals surface area (Å²) in [4.78, 5) is 14.3. The monoisotopic (exact) mass is 321 g/mol. The van der Waals surface area contributed by atoms with Crippen molar-refractivity contribution in [2.75, 3.05) is 6.54 Å². The van der Waals surface area contributed by atoms with E-state index in [9.17, 15) is 4.79 Å². The number of urea groups is 1. The Morgan fingerprint density at radius 3 is 2.33 bits per heavy atom. The lowest BCUT2D eigenvalue weighted by Crippen LogP contribution is -2.41. The third-order valence-corrected chi connectivity index (χ3v) is 4.16. The molecule has 2 rings (SSSR count). The number of rotatable bonds is 5. The molecule has 0 saturated heterocycles. The summed E-state index contributed by atoms with van der Waals surface area (Å²) in [6.45, 7) is 7.12. The van der Waals surface area contributed by atoms with Gasteiger partial charge in [0.15, 0.2) is 0 Å². The van der Waals surface area contributed by atoms with Gasteiger partial charge in [-0.25, -0.2) is 4.79 Å². The van der Waals surface area contributed by atoms with E-state index in [1.54, 1.807) is 17.0 Å². The van der Waals surface area contributed by atoms with E-state index in [0.29, 0.717) is 18.7 Å². The van der Waals surface area contributed by atoms with Crippen LogP contribution < -0.4 is 5.32 Å². The second-order valence-corrected chi connectivity index (χ2v) is 5.84. The molecule has 0 bridgehead atoms. The molecule has 1 N–H and O–H groups in total. The van der Waals surface area contributed by atoms with E-state index in [1.165, 1.54) is 5.56 Å². The van der Waals surface area contributed by atoms with E-state index in [1.807, 2.05) is 57.2 Å². The number of nitriles is 1. The fourth-order valence-corrected chi connectivity index (χ4v) is 2.59. The van der Waals surface area contributed by atoms with Gasteiger partial charge in [-0.2, -0.15) is 5.26 Å². The van der Waals surface area contributed by atoms with Crippen LogP contribution in [0.5, 0.6) is 0 Å². The van der Waals surface area contributed by atoms with Crippen LogP contribution in [0.4, 0.5) is 4.79 Å². The second kappa shape index (κ2) is 8.16. The lowest BCUT2D eigenvalue weighted by atomic mass is 10.1. The molecule has 124 valence electrons. The Labute approximate surface area is 143 Å². The molecule has 2 amide bonds. The summed E-state index contributed by atoms with van der Waals surface area (Å²) < 4.78 is 0. The van der Waals surface area contributed by atoms with Gasteiger partial charge < -0.3 is 10.2 Å². The molecule has 0 fully saturated rings. The van der Waals surface area contributed by atoms with Gasteiger partial charge in [-0.1, -0.05) is 42.0 Å². The molecule has 0 heterocycles. The Morgan fingerprint density at radius 2 is 1.79 bits per heavy atom. The molecule has 0 aromatic heterocycles. The number of carbonyl (C=O) groups is 1. The zero-order valence-electron chi connectivity index (χ0n) is 14.4. The highest BCUT2D eigenvalue weighted by Crippen LogP contribution is 2.20. The fourth-order valence-electron chi connectivity index (χ4n) is 2.59. The van der Waals surface area contributed by atoms with Gasteiger partial charge in [0.05, 0.1) is 17.7 Å². The van der Waals surface area contributed by atoms with Crippen LogP contribution in [0.25, 0.3) is 0 Å². The third kappa shape index (κ3) is 4.36. The Bertz CT molecular complexity index is 714. The molecule has 0 aliphatic rings. The zero-order valence-corrected chi connectivity index (χ0v) is 14.4. The average molecular weight is 321 g/mol. The first-order valence-corrected chi connectivity index (χ1v) is 8.15. The Kier molecular flexibility index (Phi) is 5.97. The molecular formula is C20H23N3O. The van der Waals surface area contributed by atoms with E-state index in [-0.39, 0.29) is 12.1 Å². The number of nitrogens with one attached hydrogen (secondary N) is 1. The normalized spacial score (nSPS) is 11.4. The van der Waals surface area contributed by atoms with Crippen molar-refractivity contribution in [1.82, 2.24) is 10.2 Å². The molecule has 2 aromatic carbocycles. The van der Waals surface area contributed by atoms with Crippen LogP contribution in [0.2, 0.25) is 0 Å². The predicted molar refractivity (Wildman–Crippen MR) is 95.4 cm³/mol. The number of nitrogens with zero attached hydrogens (tertiary/aromatic N) is 2. The van der Waals surface area contributed by atoms with Crippen LogP contribution in [0.1, 0.15) is 42.1 Å². The molecule has 4 nitrogen and oxygen atoms in total. The van der Waals surface area contributed by atoms with Crippen molar-refractivity contribution in [3.63, 3.8) is 0 Å². The number of amides is 2. The van der Waals surface area contributed by atoms with E-state index in [2.05, 4.69) is 11.4 Å². The van der Waals surface area contributed by atoms with Gasteiger partial charge in [-0.3, -0.25) is 0 Å². The molecular weight excluding hydrogens is 298 g/mol. The SMILES string of the molecule is CCN(C(=O)NCc1ccc(C)cc1)C(C)c1ccc(C#N)cc1. The van der Waals surface area contributed by atoms with E-state index < -0.39 is 0 Å². The van der Waals surface area contributed by atoms with E-state index in [0.717, 1.165) is 11.1 Å². The van der Waals surface area contributed by atoms with Crippen molar-refractivity contribution < 1.29 is 4.79 Å². The molecule has 0 aliphatic carbocycles. The maximum Gasteiger partial charge on any atom is 0.318 e. The van der Waals surface area contributed by atoms with Gasteiger partial charge in [-0.05, 0) is 44.0 Å². The maximum absolute atomic E-state index is 12.5. The molecule has 4 heteroatoms. The number of aryl methyl sites for hydroxylation is 1. The van der Waals surface area contributed by atoms with Crippen LogP contribution in [0, 0.1) is 18.3 Å². The summed E-state index contributed by atoms with van der Waals surface area (Å²) in [6.07, 6.45) is 0. The van der Waals surface area contributed by atoms with Gasteiger partial charge in [-0.15, -0.1) is 0 Å². The molecule has 0 spiro atoms. The highest BCUT2D eigenvalue weighted by molar-refractivity contribution is 5.74. The molecule has 24 heavy (non-hydrogen) atoms. The third-order valence-electron chi connectivity index (χ3n) is 4.16. The fraction of sp³-hybridized carbons (Fsp3) is 0.300. The topological polar surface area (TPSA) is 56.1 Å². The minimum atomic E-state index is -0.0880. The first kappa shape index (κ1) is 17.6. The maximum atomic E-state index is 12.5. The summed E-state index contributed by atoms with van der Waals surface area (Å²) >= 11 is 0. The standard InChI is InChI=1S/C20H23N3O/c1-4-23(16(3)19-11-9-17(13-21)10-12-19)20(24)22-14-18-7-5-15(2)6-8-18/h5-12,16H,4,14H2,1-3H3,(H,22,24). The smallest absolute Gasteiger partial charge is 0.318 e. The van der Waals surface area contributed by atoms with Gasteiger partial charge in [0.1, 0.15) is 0 Å².